The van der Waals surface area contributed by atoms with Gasteiger partial charge >= 0.3 is 0 Å². The first kappa shape index (κ1) is 12.4. The minimum Gasteiger partial charge on any atom is -0.373 e. The van der Waals surface area contributed by atoms with E-state index in [2.05, 4.69) is 48.1 Å². The SMILES string of the molecule is C=C(C)c1c(NC)ncc(C)c1-c1ccccc1. The highest BCUT2D eigenvalue weighted by Crippen LogP contribution is 2.34. The number of anilines is 1. The summed E-state index contributed by atoms with van der Waals surface area (Å²) in [6.07, 6.45) is 1.90. The van der Waals surface area contributed by atoms with E-state index in [1.165, 1.54) is 16.7 Å². The van der Waals surface area contributed by atoms with Crippen molar-refractivity contribution < 1.29 is 0 Å². The molecule has 0 aliphatic carbocycles. The van der Waals surface area contributed by atoms with Gasteiger partial charge in [0.25, 0.3) is 0 Å². The Morgan fingerprint density at radius 2 is 1.89 bits per heavy atom. The Balaban J connectivity index is 2.76. The highest BCUT2D eigenvalue weighted by atomic mass is 15.0. The predicted octanol–water partition coefficient (Wildman–Crippen LogP) is 4.13. The van der Waals surface area contributed by atoms with Gasteiger partial charge < -0.3 is 5.32 Å². The van der Waals surface area contributed by atoms with Crippen molar-refractivity contribution >= 4 is 11.4 Å². The van der Waals surface area contributed by atoms with Crippen molar-refractivity contribution in [2.45, 2.75) is 13.8 Å². The number of rotatable bonds is 3. The molecule has 1 aromatic carbocycles. The van der Waals surface area contributed by atoms with E-state index in [9.17, 15) is 0 Å². The number of hydrogen-bond acceptors (Lipinski definition) is 2. The number of nitrogens with one attached hydrogen (secondary N) is 1. The quantitative estimate of drug-likeness (QED) is 0.869. The number of aryl methyl sites for hydroxylation is 1. The fourth-order valence-corrected chi connectivity index (χ4v) is 2.19. The molecule has 0 aliphatic heterocycles. The zero-order valence-corrected chi connectivity index (χ0v) is 11.1. The van der Waals surface area contributed by atoms with Crippen LogP contribution in [-0.4, -0.2) is 12.0 Å². The molecule has 1 heterocycles. The molecular weight excluding hydrogens is 220 g/mol. The zero-order chi connectivity index (χ0) is 13.1. The van der Waals surface area contributed by atoms with Crippen LogP contribution in [0.25, 0.3) is 16.7 Å². The van der Waals surface area contributed by atoms with Crippen molar-refractivity contribution in [1.82, 2.24) is 4.98 Å². The molecule has 0 spiro atoms. The minimum atomic E-state index is 0.881. The molecule has 1 aromatic heterocycles. The number of hydrogen-bond donors (Lipinski definition) is 1. The van der Waals surface area contributed by atoms with Gasteiger partial charge in [-0.3, -0.25) is 0 Å². The molecule has 18 heavy (non-hydrogen) atoms. The molecule has 0 bridgehead atoms. The second kappa shape index (κ2) is 5.05. The lowest BCUT2D eigenvalue weighted by Crippen LogP contribution is -2.01. The molecule has 2 rings (SSSR count). The Labute approximate surface area is 108 Å². The zero-order valence-electron chi connectivity index (χ0n) is 11.1. The number of nitrogens with zero attached hydrogens (tertiary/aromatic N) is 1. The highest BCUT2D eigenvalue weighted by molar-refractivity contribution is 5.87. The summed E-state index contributed by atoms with van der Waals surface area (Å²) in [5.74, 6) is 0.881. The standard InChI is InChI=1S/C16H18N2/c1-11(2)14-15(13-8-6-5-7-9-13)12(3)10-18-16(14)17-4/h5-10H,1H2,2-4H3,(H,17,18). The van der Waals surface area contributed by atoms with Gasteiger partial charge in [-0.1, -0.05) is 36.9 Å². The Kier molecular flexibility index (Phi) is 3.47. The van der Waals surface area contributed by atoms with Gasteiger partial charge in [-0.2, -0.15) is 0 Å². The third-order valence-corrected chi connectivity index (χ3v) is 2.99. The molecule has 0 saturated carbocycles. The molecule has 2 aromatic rings. The maximum Gasteiger partial charge on any atom is 0.133 e. The van der Waals surface area contributed by atoms with E-state index in [0.29, 0.717) is 0 Å². The summed E-state index contributed by atoms with van der Waals surface area (Å²) >= 11 is 0. The maximum absolute atomic E-state index is 4.43. The fraction of sp³-hybridized carbons (Fsp3) is 0.188. The Hall–Kier alpha value is -2.09. The second-order valence-electron chi connectivity index (χ2n) is 4.44. The van der Waals surface area contributed by atoms with Crippen LogP contribution < -0.4 is 5.32 Å². The summed E-state index contributed by atoms with van der Waals surface area (Å²) in [5.41, 5.74) is 5.70. The molecule has 0 amide bonds. The molecule has 0 fully saturated rings. The Bertz CT molecular complexity index is 571. The van der Waals surface area contributed by atoms with Crippen LogP contribution in [-0.2, 0) is 0 Å². The lowest BCUT2D eigenvalue weighted by molar-refractivity contribution is 1.23. The van der Waals surface area contributed by atoms with Crippen LogP contribution in [0.1, 0.15) is 18.1 Å². The topological polar surface area (TPSA) is 24.9 Å². The van der Waals surface area contributed by atoms with Crippen LogP contribution in [0.3, 0.4) is 0 Å². The van der Waals surface area contributed by atoms with Crippen LogP contribution in [0.4, 0.5) is 5.82 Å². The number of benzene rings is 1. The average molecular weight is 238 g/mol. The first-order valence-electron chi connectivity index (χ1n) is 6.03. The Morgan fingerprint density at radius 3 is 2.44 bits per heavy atom. The van der Waals surface area contributed by atoms with Gasteiger partial charge in [-0.25, -0.2) is 4.98 Å². The van der Waals surface area contributed by atoms with E-state index in [-0.39, 0.29) is 0 Å². The molecule has 1 N–H and O–H groups in total. The molecule has 0 atom stereocenters. The lowest BCUT2D eigenvalue weighted by atomic mass is 9.93. The summed E-state index contributed by atoms with van der Waals surface area (Å²) in [6, 6.07) is 10.4. The van der Waals surface area contributed by atoms with Crippen molar-refractivity contribution in [1.29, 1.82) is 0 Å². The monoisotopic (exact) mass is 238 g/mol. The van der Waals surface area contributed by atoms with Crippen molar-refractivity contribution in [2.24, 2.45) is 0 Å². The number of aromatic nitrogens is 1. The van der Waals surface area contributed by atoms with E-state index in [1.807, 2.05) is 26.2 Å². The predicted molar refractivity (Wildman–Crippen MR) is 78.7 cm³/mol. The molecule has 2 nitrogen and oxygen atoms in total. The van der Waals surface area contributed by atoms with Gasteiger partial charge in [0.05, 0.1) is 0 Å². The summed E-state index contributed by atoms with van der Waals surface area (Å²) in [6.45, 7) is 8.18. The van der Waals surface area contributed by atoms with Crippen LogP contribution in [0.5, 0.6) is 0 Å². The van der Waals surface area contributed by atoms with Gasteiger partial charge in [-0.05, 0) is 36.1 Å². The third-order valence-electron chi connectivity index (χ3n) is 2.99. The highest BCUT2D eigenvalue weighted by Gasteiger charge is 2.14. The maximum atomic E-state index is 4.43. The molecule has 2 heteroatoms. The van der Waals surface area contributed by atoms with E-state index in [0.717, 1.165) is 17.0 Å². The molecule has 0 saturated heterocycles. The first-order chi connectivity index (χ1) is 8.65. The van der Waals surface area contributed by atoms with E-state index >= 15 is 0 Å². The normalized spacial score (nSPS) is 10.2. The van der Waals surface area contributed by atoms with Gasteiger partial charge in [-0.15, -0.1) is 0 Å². The number of allylic oxidation sites excluding steroid dienone is 1. The summed E-state index contributed by atoms with van der Waals surface area (Å²) in [7, 11) is 1.89. The van der Waals surface area contributed by atoms with Gasteiger partial charge in [0.2, 0.25) is 0 Å². The summed E-state index contributed by atoms with van der Waals surface area (Å²) in [4.78, 5) is 4.43. The van der Waals surface area contributed by atoms with Gasteiger partial charge in [0.15, 0.2) is 0 Å². The first-order valence-corrected chi connectivity index (χ1v) is 6.03. The fourth-order valence-electron chi connectivity index (χ4n) is 2.19. The minimum absolute atomic E-state index is 0.881. The van der Waals surface area contributed by atoms with Crippen molar-refractivity contribution in [2.75, 3.05) is 12.4 Å². The third kappa shape index (κ3) is 2.14. The second-order valence-corrected chi connectivity index (χ2v) is 4.44. The number of pyridine rings is 1. The van der Waals surface area contributed by atoms with Crippen LogP contribution in [0.2, 0.25) is 0 Å². The summed E-state index contributed by atoms with van der Waals surface area (Å²) < 4.78 is 0. The molecule has 0 unspecified atom stereocenters. The molecular formula is C16H18N2. The molecule has 0 radical (unpaired) electrons. The smallest absolute Gasteiger partial charge is 0.133 e. The van der Waals surface area contributed by atoms with Crippen LogP contribution in [0, 0.1) is 6.92 Å². The van der Waals surface area contributed by atoms with Crippen molar-refractivity contribution in [3.05, 3.63) is 54.2 Å². The molecule has 0 aliphatic rings. The average Bonchev–Trinajstić information content (AvgIpc) is 2.39. The van der Waals surface area contributed by atoms with E-state index in [1.54, 1.807) is 0 Å². The van der Waals surface area contributed by atoms with Gasteiger partial charge in [0, 0.05) is 18.8 Å². The van der Waals surface area contributed by atoms with Crippen molar-refractivity contribution in [3.63, 3.8) is 0 Å². The van der Waals surface area contributed by atoms with Crippen LogP contribution in [0.15, 0.2) is 43.1 Å². The Morgan fingerprint density at radius 1 is 1.22 bits per heavy atom. The van der Waals surface area contributed by atoms with E-state index < -0.39 is 0 Å². The van der Waals surface area contributed by atoms with Gasteiger partial charge in [0.1, 0.15) is 5.82 Å². The van der Waals surface area contributed by atoms with E-state index in [4.69, 9.17) is 0 Å². The summed E-state index contributed by atoms with van der Waals surface area (Å²) in [5, 5.41) is 3.14. The van der Waals surface area contributed by atoms with Crippen LogP contribution >= 0.6 is 0 Å². The lowest BCUT2D eigenvalue weighted by Gasteiger charge is -2.16. The largest absolute Gasteiger partial charge is 0.373 e. The van der Waals surface area contributed by atoms with Crippen molar-refractivity contribution in [3.8, 4) is 11.1 Å². The molecule has 92 valence electrons.